The van der Waals surface area contributed by atoms with Crippen molar-refractivity contribution in [2.75, 3.05) is 20.2 Å². The number of fused-ring (bicyclic) bond motifs is 1. The smallest absolute Gasteiger partial charge is 0.339 e. The lowest BCUT2D eigenvalue weighted by Gasteiger charge is -2.17. The average molecular weight is 286 g/mol. The van der Waals surface area contributed by atoms with Crippen molar-refractivity contribution in [1.29, 1.82) is 0 Å². The summed E-state index contributed by atoms with van der Waals surface area (Å²) in [7, 11) is 1.31. The third-order valence-electron chi connectivity index (χ3n) is 4.31. The minimum absolute atomic E-state index is 0.0531. The van der Waals surface area contributed by atoms with Gasteiger partial charge in [0.2, 0.25) is 0 Å². The Balaban J connectivity index is 1.75. The molecule has 1 aromatic rings. The molecule has 0 saturated carbocycles. The number of hydrogen-bond donors (Lipinski definition) is 0. The molecule has 2 heterocycles. The second-order valence-corrected chi connectivity index (χ2v) is 5.63. The van der Waals surface area contributed by atoms with E-state index in [1.165, 1.54) is 19.5 Å². The molecule has 5 heteroatoms. The highest BCUT2D eigenvalue weighted by Gasteiger charge is 2.35. The molecule has 0 radical (unpaired) electrons. The second kappa shape index (κ2) is 5.68. The number of allylic oxidation sites excluding steroid dienone is 2. The van der Waals surface area contributed by atoms with Gasteiger partial charge in [0.1, 0.15) is 0 Å². The summed E-state index contributed by atoms with van der Waals surface area (Å²) < 4.78 is 4.66. The first kappa shape index (κ1) is 13.8. The number of ether oxygens (including phenoxy) is 1. The first-order valence-electron chi connectivity index (χ1n) is 7.16. The predicted molar refractivity (Wildman–Crippen MR) is 76.8 cm³/mol. The fourth-order valence-electron chi connectivity index (χ4n) is 3.15. The van der Waals surface area contributed by atoms with Crippen LogP contribution in [-0.2, 0) is 4.74 Å². The molecule has 1 saturated heterocycles. The molecule has 0 bridgehead atoms. The van der Waals surface area contributed by atoms with E-state index in [4.69, 9.17) is 0 Å². The Bertz CT molecular complexity index is 581. The Kier molecular flexibility index (Phi) is 3.73. The van der Waals surface area contributed by atoms with Gasteiger partial charge in [-0.25, -0.2) is 4.79 Å². The number of amides is 1. The fraction of sp³-hybridized carbons (Fsp3) is 0.438. The predicted octanol–water partition coefficient (Wildman–Crippen LogP) is 1.91. The van der Waals surface area contributed by atoms with Gasteiger partial charge in [-0.2, -0.15) is 0 Å². The lowest BCUT2D eigenvalue weighted by molar-refractivity contribution is 0.0600. The first-order valence-corrected chi connectivity index (χ1v) is 7.16. The topological polar surface area (TPSA) is 59.5 Å². The normalized spacial score (nSPS) is 23.8. The lowest BCUT2D eigenvalue weighted by Crippen LogP contribution is -2.29. The van der Waals surface area contributed by atoms with Crippen molar-refractivity contribution >= 4 is 11.9 Å². The Morgan fingerprint density at radius 1 is 1.14 bits per heavy atom. The van der Waals surface area contributed by atoms with E-state index < -0.39 is 5.97 Å². The highest BCUT2D eigenvalue weighted by atomic mass is 16.5. The molecule has 0 aromatic carbocycles. The minimum atomic E-state index is -0.476. The molecule has 1 amide bonds. The monoisotopic (exact) mass is 286 g/mol. The molecule has 110 valence electrons. The SMILES string of the molecule is COC(=O)c1cncc(C(=O)N2C[C@H]3CC=CC[C@H]3C2)c1. The van der Waals surface area contributed by atoms with Crippen LogP contribution in [0.4, 0.5) is 0 Å². The molecule has 5 nitrogen and oxygen atoms in total. The van der Waals surface area contributed by atoms with Crippen molar-refractivity contribution in [3.63, 3.8) is 0 Å². The zero-order chi connectivity index (χ0) is 14.8. The first-order chi connectivity index (χ1) is 10.2. The molecular formula is C16H18N2O3. The molecule has 1 aliphatic carbocycles. The maximum Gasteiger partial charge on any atom is 0.339 e. The molecule has 0 N–H and O–H groups in total. The van der Waals surface area contributed by atoms with Crippen LogP contribution < -0.4 is 0 Å². The molecular weight excluding hydrogens is 268 g/mol. The number of esters is 1. The zero-order valence-electron chi connectivity index (χ0n) is 12.0. The zero-order valence-corrected chi connectivity index (χ0v) is 12.0. The number of nitrogens with zero attached hydrogens (tertiary/aromatic N) is 2. The van der Waals surface area contributed by atoms with Gasteiger partial charge in [-0.05, 0) is 30.7 Å². The van der Waals surface area contributed by atoms with Gasteiger partial charge in [0.25, 0.3) is 5.91 Å². The van der Waals surface area contributed by atoms with Crippen molar-refractivity contribution < 1.29 is 14.3 Å². The number of hydrogen-bond acceptors (Lipinski definition) is 4. The maximum absolute atomic E-state index is 12.6. The standard InChI is InChI=1S/C16H18N2O3/c1-21-16(20)14-6-13(7-17-8-14)15(19)18-9-11-4-2-3-5-12(11)10-18/h2-3,6-8,11-12H,4-5,9-10H2,1H3/t11-,12+. The van der Waals surface area contributed by atoms with Gasteiger partial charge in [-0.3, -0.25) is 9.78 Å². The van der Waals surface area contributed by atoms with E-state index in [0.29, 0.717) is 23.0 Å². The van der Waals surface area contributed by atoms with Crippen molar-refractivity contribution in [1.82, 2.24) is 9.88 Å². The summed E-state index contributed by atoms with van der Waals surface area (Å²) in [5.74, 6) is 0.602. The molecule has 0 unspecified atom stereocenters. The number of rotatable bonds is 2. The van der Waals surface area contributed by atoms with E-state index >= 15 is 0 Å². The molecule has 1 aromatic heterocycles. The number of carbonyl (C=O) groups excluding carboxylic acids is 2. The van der Waals surface area contributed by atoms with Gasteiger partial charge >= 0.3 is 5.97 Å². The van der Waals surface area contributed by atoms with Crippen molar-refractivity contribution in [2.24, 2.45) is 11.8 Å². The van der Waals surface area contributed by atoms with Crippen LogP contribution in [0.3, 0.4) is 0 Å². The molecule has 21 heavy (non-hydrogen) atoms. The molecule has 2 aliphatic rings. The highest BCUT2D eigenvalue weighted by Crippen LogP contribution is 2.33. The average Bonchev–Trinajstić information content (AvgIpc) is 2.97. The molecule has 2 atom stereocenters. The summed E-state index contributed by atoms with van der Waals surface area (Å²) in [5.41, 5.74) is 0.756. The Labute approximate surface area is 123 Å². The number of likely N-dealkylation sites (tertiary alicyclic amines) is 1. The van der Waals surface area contributed by atoms with Crippen molar-refractivity contribution in [3.05, 3.63) is 41.7 Å². The van der Waals surface area contributed by atoms with Gasteiger partial charge in [0.15, 0.2) is 0 Å². The van der Waals surface area contributed by atoms with Gasteiger partial charge in [-0.1, -0.05) is 12.2 Å². The Morgan fingerprint density at radius 2 is 1.76 bits per heavy atom. The molecule has 3 rings (SSSR count). The fourth-order valence-corrected chi connectivity index (χ4v) is 3.15. The van der Waals surface area contributed by atoms with E-state index in [0.717, 1.165) is 25.9 Å². The maximum atomic E-state index is 12.6. The van der Waals surface area contributed by atoms with Crippen LogP contribution in [0.2, 0.25) is 0 Å². The van der Waals surface area contributed by atoms with E-state index in [-0.39, 0.29) is 5.91 Å². The molecule has 1 fully saturated rings. The Morgan fingerprint density at radius 3 is 2.38 bits per heavy atom. The van der Waals surface area contributed by atoms with E-state index in [9.17, 15) is 9.59 Å². The molecule has 1 aliphatic heterocycles. The summed E-state index contributed by atoms with van der Waals surface area (Å²) in [6.45, 7) is 1.58. The lowest BCUT2D eigenvalue weighted by atomic mass is 9.86. The van der Waals surface area contributed by atoms with Crippen molar-refractivity contribution in [3.8, 4) is 0 Å². The van der Waals surface area contributed by atoms with E-state index in [1.54, 1.807) is 6.07 Å². The number of aromatic nitrogens is 1. The quantitative estimate of drug-likeness (QED) is 0.615. The molecule has 0 spiro atoms. The highest BCUT2D eigenvalue weighted by molar-refractivity contribution is 5.97. The summed E-state index contributed by atoms with van der Waals surface area (Å²) in [6.07, 6.45) is 9.43. The van der Waals surface area contributed by atoms with Crippen LogP contribution in [0.25, 0.3) is 0 Å². The van der Waals surface area contributed by atoms with Gasteiger partial charge < -0.3 is 9.64 Å². The van der Waals surface area contributed by atoms with Crippen LogP contribution in [0, 0.1) is 11.8 Å². The third-order valence-corrected chi connectivity index (χ3v) is 4.31. The van der Waals surface area contributed by atoms with Gasteiger partial charge in [-0.15, -0.1) is 0 Å². The third kappa shape index (κ3) is 2.68. The number of methoxy groups -OCH3 is 1. The summed E-state index contributed by atoms with van der Waals surface area (Å²) in [5, 5.41) is 0. The van der Waals surface area contributed by atoms with E-state index in [1.807, 2.05) is 4.90 Å². The summed E-state index contributed by atoms with van der Waals surface area (Å²) >= 11 is 0. The van der Waals surface area contributed by atoms with Crippen molar-refractivity contribution in [2.45, 2.75) is 12.8 Å². The van der Waals surface area contributed by atoms with Crippen LogP contribution in [-0.4, -0.2) is 42.0 Å². The number of pyridine rings is 1. The van der Waals surface area contributed by atoms with Crippen LogP contribution in [0.15, 0.2) is 30.6 Å². The summed E-state index contributed by atoms with van der Waals surface area (Å²) in [4.78, 5) is 29.9. The summed E-state index contributed by atoms with van der Waals surface area (Å²) in [6, 6.07) is 1.56. The minimum Gasteiger partial charge on any atom is -0.465 e. The van der Waals surface area contributed by atoms with Crippen LogP contribution in [0.1, 0.15) is 33.6 Å². The second-order valence-electron chi connectivity index (χ2n) is 5.63. The number of carbonyl (C=O) groups is 2. The Hall–Kier alpha value is -2.17. The van der Waals surface area contributed by atoms with E-state index in [2.05, 4.69) is 21.9 Å². The van der Waals surface area contributed by atoms with Gasteiger partial charge in [0.05, 0.1) is 18.2 Å². The largest absolute Gasteiger partial charge is 0.465 e. The van der Waals surface area contributed by atoms with Crippen LogP contribution in [0.5, 0.6) is 0 Å². The van der Waals surface area contributed by atoms with Crippen LogP contribution >= 0.6 is 0 Å². The van der Waals surface area contributed by atoms with Gasteiger partial charge in [0, 0.05) is 25.5 Å².